The molecule has 7 heteroatoms. The van der Waals surface area contributed by atoms with Crippen LogP contribution in [0.3, 0.4) is 0 Å². The Morgan fingerprint density at radius 2 is 2.00 bits per heavy atom. The average Bonchev–Trinajstić information content (AvgIpc) is 3.05. The first-order chi connectivity index (χ1) is 15.7. The van der Waals surface area contributed by atoms with Gasteiger partial charge < -0.3 is 19.7 Å². The van der Waals surface area contributed by atoms with E-state index in [4.69, 9.17) is 9.47 Å². The highest BCUT2D eigenvalue weighted by Gasteiger charge is 2.54. The number of ether oxygens (including phenoxy) is 2. The molecule has 0 saturated heterocycles. The summed E-state index contributed by atoms with van der Waals surface area (Å²) in [7, 11) is 0. The van der Waals surface area contributed by atoms with Crippen molar-refractivity contribution in [2.75, 3.05) is 6.61 Å². The molecule has 2 unspecified atom stereocenters. The lowest BCUT2D eigenvalue weighted by molar-refractivity contribution is -0.152. The molecule has 0 aromatic rings. The number of hydrogen-bond donors (Lipinski definition) is 2. The maximum Gasteiger partial charge on any atom is 0.343 e. The second-order valence-electron chi connectivity index (χ2n) is 9.35. The lowest BCUT2D eigenvalue weighted by Crippen LogP contribution is -2.43. The summed E-state index contributed by atoms with van der Waals surface area (Å²) in [6.45, 7) is 5.68. The maximum atomic E-state index is 13.1. The van der Waals surface area contributed by atoms with E-state index in [1.54, 1.807) is 6.08 Å². The minimum absolute atomic E-state index is 0.161. The van der Waals surface area contributed by atoms with Crippen LogP contribution in [0.4, 0.5) is 0 Å². The number of aliphatic hydroxyl groups excluding tert-OH is 2. The normalized spacial score (nSPS) is 25.6. The van der Waals surface area contributed by atoms with Gasteiger partial charge in [-0.25, -0.2) is 4.79 Å². The number of rotatable bonds is 11. The molecule has 0 radical (unpaired) electrons. The standard InChI is InChI=1S/C26H34O7/c1-4-16(2)9-7-5-6-8-10-18(28)13-22(29)23-21-12-17-11-19(14-27)32-15-20(17)24(30)26(21,3)33-25(23)31/h12-13,15-16,19,27,29H,4-11,14H2,1-3H3/b22-13-/t16?,19?,26-/m1/s1. The molecule has 7 nitrogen and oxygen atoms in total. The fourth-order valence-corrected chi connectivity index (χ4v) is 4.43. The van der Waals surface area contributed by atoms with Crippen LogP contribution in [-0.2, 0) is 23.9 Å². The molecule has 3 atom stereocenters. The number of aliphatic hydroxyl groups is 2. The van der Waals surface area contributed by atoms with E-state index >= 15 is 0 Å². The van der Waals surface area contributed by atoms with E-state index in [1.165, 1.54) is 26.0 Å². The fraction of sp³-hybridized carbons (Fsp3) is 0.577. The quantitative estimate of drug-likeness (QED) is 0.207. The lowest BCUT2D eigenvalue weighted by Gasteiger charge is -2.33. The topological polar surface area (TPSA) is 110 Å². The van der Waals surface area contributed by atoms with Crippen molar-refractivity contribution in [3.8, 4) is 0 Å². The summed E-state index contributed by atoms with van der Waals surface area (Å²) < 4.78 is 10.7. The highest BCUT2D eigenvalue weighted by Crippen LogP contribution is 2.45. The summed E-state index contributed by atoms with van der Waals surface area (Å²) in [4.78, 5) is 38.0. The number of carbonyl (C=O) groups is 3. The Hall–Kier alpha value is -2.67. The van der Waals surface area contributed by atoms with Gasteiger partial charge in [0.1, 0.15) is 17.4 Å². The molecule has 3 rings (SSSR count). The SMILES string of the molecule is CCC(C)CCCCCCC(=O)/C=C(\O)C1=C2C=C3CC(CO)OC=C3C(=O)[C@]2(C)OC1=O. The Bertz CT molecular complexity index is 936. The third-order valence-electron chi connectivity index (χ3n) is 6.78. The number of fused-ring (bicyclic) bond motifs is 2. The van der Waals surface area contributed by atoms with Crippen LogP contribution in [0, 0.1) is 5.92 Å². The number of Topliss-reactive ketones (excluding diaryl/α,β-unsaturated/α-hetero) is 1. The van der Waals surface area contributed by atoms with Gasteiger partial charge in [0.25, 0.3) is 0 Å². The molecule has 0 aromatic carbocycles. The van der Waals surface area contributed by atoms with Crippen LogP contribution in [0.25, 0.3) is 0 Å². The third kappa shape index (κ3) is 5.29. The Kier molecular flexibility index (Phi) is 7.95. The van der Waals surface area contributed by atoms with Crippen LogP contribution >= 0.6 is 0 Å². The Balaban J connectivity index is 1.72. The monoisotopic (exact) mass is 458 g/mol. The van der Waals surface area contributed by atoms with E-state index in [1.807, 2.05) is 0 Å². The van der Waals surface area contributed by atoms with E-state index in [9.17, 15) is 24.6 Å². The van der Waals surface area contributed by atoms with E-state index in [0.717, 1.165) is 37.7 Å². The Morgan fingerprint density at radius 1 is 1.27 bits per heavy atom. The molecule has 0 fully saturated rings. The van der Waals surface area contributed by atoms with Gasteiger partial charge in [0.15, 0.2) is 11.4 Å². The first-order valence-corrected chi connectivity index (χ1v) is 11.8. The molecule has 3 aliphatic rings. The molecule has 2 heterocycles. The summed E-state index contributed by atoms with van der Waals surface area (Å²) in [6.07, 6.45) is 10.3. The largest absolute Gasteiger partial charge is 0.507 e. The molecule has 0 aromatic heterocycles. The number of ketones is 2. The minimum Gasteiger partial charge on any atom is -0.507 e. The molecule has 33 heavy (non-hydrogen) atoms. The molecular formula is C26H34O7. The van der Waals surface area contributed by atoms with Gasteiger partial charge in [-0.05, 0) is 30.9 Å². The summed E-state index contributed by atoms with van der Waals surface area (Å²) >= 11 is 0. The van der Waals surface area contributed by atoms with Crippen molar-refractivity contribution in [1.29, 1.82) is 0 Å². The number of hydrogen-bond acceptors (Lipinski definition) is 7. The summed E-state index contributed by atoms with van der Waals surface area (Å²) in [6, 6.07) is 0. The first-order valence-electron chi connectivity index (χ1n) is 11.8. The van der Waals surface area contributed by atoms with Gasteiger partial charge in [-0.3, -0.25) is 9.59 Å². The average molecular weight is 459 g/mol. The molecule has 180 valence electrons. The highest BCUT2D eigenvalue weighted by molar-refractivity contribution is 6.15. The van der Waals surface area contributed by atoms with Crippen LogP contribution in [0.1, 0.15) is 72.1 Å². The zero-order valence-corrected chi connectivity index (χ0v) is 19.7. The fourth-order valence-electron chi connectivity index (χ4n) is 4.43. The zero-order valence-electron chi connectivity index (χ0n) is 19.7. The van der Waals surface area contributed by atoms with E-state index in [2.05, 4.69) is 13.8 Å². The van der Waals surface area contributed by atoms with Crippen molar-refractivity contribution in [2.45, 2.75) is 83.8 Å². The minimum atomic E-state index is -1.59. The highest BCUT2D eigenvalue weighted by atomic mass is 16.6. The third-order valence-corrected chi connectivity index (χ3v) is 6.78. The van der Waals surface area contributed by atoms with Crippen LogP contribution in [0.5, 0.6) is 0 Å². The Morgan fingerprint density at radius 3 is 2.70 bits per heavy atom. The van der Waals surface area contributed by atoms with Crippen molar-refractivity contribution in [3.63, 3.8) is 0 Å². The summed E-state index contributed by atoms with van der Waals surface area (Å²) in [5.41, 5.74) is -0.628. The Labute approximate surface area is 194 Å². The van der Waals surface area contributed by atoms with Gasteiger partial charge in [0.2, 0.25) is 5.78 Å². The van der Waals surface area contributed by atoms with Crippen molar-refractivity contribution in [3.05, 3.63) is 46.5 Å². The molecule has 0 saturated carbocycles. The number of allylic oxidation sites excluding steroid dienone is 1. The smallest absolute Gasteiger partial charge is 0.343 e. The van der Waals surface area contributed by atoms with Crippen molar-refractivity contribution in [1.82, 2.24) is 0 Å². The van der Waals surface area contributed by atoms with Crippen molar-refractivity contribution >= 4 is 17.5 Å². The first kappa shape index (κ1) is 25.0. The molecule has 1 aliphatic carbocycles. The summed E-state index contributed by atoms with van der Waals surface area (Å²) in [5.74, 6) is -1.33. The van der Waals surface area contributed by atoms with Crippen molar-refractivity contribution < 1.29 is 34.1 Å². The predicted octanol–water partition coefficient (Wildman–Crippen LogP) is 4.17. The number of carbonyl (C=O) groups excluding carboxylic acids is 3. The van der Waals surface area contributed by atoms with Crippen LogP contribution < -0.4 is 0 Å². The van der Waals surface area contributed by atoms with E-state index < -0.39 is 29.2 Å². The molecule has 0 spiro atoms. The van der Waals surface area contributed by atoms with E-state index in [-0.39, 0.29) is 42.0 Å². The zero-order chi connectivity index (χ0) is 24.2. The van der Waals surface area contributed by atoms with Gasteiger partial charge in [0, 0.05) is 24.5 Å². The van der Waals surface area contributed by atoms with Crippen LogP contribution in [0.15, 0.2) is 46.5 Å². The van der Waals surface area contributed by atoms with Gasteiger partial charge in [-0.2, -0.15) is 0 Å². The van der Waals surface area contributed by atoms with Gasteiger partial charge in [0.05, 0.1) is 18.4 Å². The second-order valence-corrected chi connectivity index (χ2v) is 9.35. The second kappa shape index (κ2) is 10.5. The van der Waals surface area contributed by atoms with Crippen molar-refractivity contribution in [2.24, 2.45) is 5.92 Å². The molecular weight excluding hydrogens is 424 g/mol. The number of unbranched alkanes of at least 4 members (excludes halogenated alkanes) is 3. The van der Waals surface area contributed by atoms with Gasteiger partial charge >= 0.3 is 5.97 Å². The van der Waals surface area contributed by atoms with Gasteiger partial charge in [-0.15, -0.1) is 0 Å². The molecule has 0 amide bonds. The molecule has 0 bridgehead atoms. The van der Waals surface area contributed by atoms with Crippen LogP contribution in [0.2, 0.25) is 0 Å². The predicted molar refractivity (Wildman–Crippen MR) is 122 cm³/mol. The molecule has 2 N–H and O–H groups in total. The number of esters is 1. The maximum absolute atomic E-state index is 13.1. The molecule has 2 aliphatic heterocycles. The summed E-state index contributed by atoms with van der Waals surface area (Å²) in [5, 5.41) is 20.0. The lowest BCUT2D eigenvalue weighted by atomic mass is 9.76. The van der Waals surface area contributed by atoms with Crippen LogP contribution in [-0.4, -0.2) is 46.1 Å². The van der Waals surface area contributed by atoms with E-state index in [0.29, 0.717) is 5.57 Å². The van der Waals surface area contributed by atoms with Gasteiger partial charge in [-0.1, -0.05) is 46.0 Å².